The highest BCUT2D eigenvalue weighted by molar-refractivity contribution is 6.35. The van der Waals surface area contributed by atoms with Crippen LogP contribution in [0, 0.1) is 5.92 Å². The molecule has 3 rings (SSSR count). The Bertz CT molecular complexity index is 658. The van der Waals surface area contributed by atoms with Crippen molar-refractivity contribution < 1.29 is 9.90 Å². The molecule has 1 saturated carbocycles. The second-order valence-corrected chi connectivity index (χ2v) is 5.18. The van der Waals surface area contributed by atoms with E-state index in [0.29, 0.717) is 28.0 Å². The highest BCUT2D eigenvalue weighted by atomic mass is 35.5. The molecule has 2 unspecified atom stereocenters. The molecule has 1 aliphatic rings. The highest BCUT2D eigenvalue weighted by Gasteiger charge is 2.47. The fraction of sp³-hybridized carbons (Fsp3) is 0.273. The van der Waals surface area contributed by atoms with Gasteiger partial charge in [-0.3, -0.25) is 4.79 Å². The van der Waals surface area contributed by atoms with Crippen molar-refractivity contribution in [2.45, 2.75) is 12.3 Å². The molecule has 0 spiro atoms. The van der Waals surface area contributed by atoms with Gasteiger partial charge >= 0.3 is 5.97 Å². The number of halogens is 2. The monoisotopic (exact) mass is 298 g/mol. The summed E-state index contributed by atoms with van der Waals surface area (Å²) in [5.74, 6) is -0.909. The lowest BCUT2D eigenvalue weighted by atomic mass is 10.2. The Hall–Kier alpha value is -1.66. The van der Waals surface area contributed by atoms with Crippen LogP contribution in [0.4, 0.5) is 0 Å². The maximum Gasteiger partial charge on any atom is 0.307 e. The van der Waals surface area contributed by atoms with Gasteiger partial charge in [0.25, 0.3) is 0 Å². The SMILES string of the molecule is O=C(O)C1CC1c1nnnn1-c1ccc(Cl)cc1Cl. The first kappa shape index (κ1) is 12.4. The fourth-order valence-corrected chi connectivity index (χ4v) is 2.49. The van der Waals surface area contributed by atoms with E-state index in [1.165, 1.54) is 4.68 Å². The average Bonchev–Trinajstić information content (AvgIpc) is 3.01. The summed E-state index contributed by atoms with van der Waals surface area (Å²) >= 11 is 11.9. The minimum absolute atomic E-state index is 0.167. The van der Waals surface area contributed by atoms with E-state index in [-0.39, 0.29) is 5.92 Å². The molecule has 19 heavy (non-hydrogen) atoms. The first-order valence-electron chi connectivity index (χ1n) is 5.54. The van der Waals surface area contributed by atoms with Gasteiger partial charge < -0.3 is 5.11 Å². The molecule has 0 aliphatic heterocycles. The summed E-state index contributed by atoms with van der Waals surface area (Å²) in [6.45, 7) is 0. The van der Waals surface area contributed by atoms with Gasteiger partial charge in [-0.2, -0.15) is 4.68 Å². The number of carboxylic acid groups (broad SMARTS) is 1. The third-order valence-corrected chi connectivity index (χ3v) is 3.61. The number of hydrogen-bond donors (Lipinski definition) is 1. The zero-order chi connectivity index (χ0) is 13.6. The second kappa shape index (κ2) is 4.47. The fourth-order valence-electron chi connectivity index (χ4n) is 2.00. The molecular weight excluding hydrogens is 291 g/mol. The van der Waals surface area contributed by atoms with E-state index in [2.05, 4.69) is 15.5 Å². The Balaban J connectivity index is 1.99. The Kier molecular flexibility index (Phi) is 2.91. The van der Waals surface area contributed by atoms with Crippen LogP contribution in [-0.2, 0) is 4.79 Å². The van der Waals surface area contributed by atoms with Crippen molar-refractivity contribution in [3.63, 3.8) is 0 Å². The van der Waals surface area contributed by atoms with E-state index in [1.807, 2.05) is 0 Å². The summed E-state index contributed by atoms with van der Waals surface area (Å²) in [6, 6.07) is 4.96. The van der Waals surface area contributed by atoms with Gasteiger partial charge in [-0.1, -0.05) is 23.2 Å². The van der Waals surface area contributed by atoms with E-state index in [0.717, 1.165) is 0 Å². The minimum atomic E-state index is -0.832. The summed E-state index contributed by atoms with van der Waals surface area (Å²) in [5, 5.41) is 21.2. The second-order valence-electron chi connectivity index (χ2n) is 4.33. The van der Waals surface area contributed by atoms with Crippen molar-refractivity contribution in [2.75, 3.05) is 0 Å². The third kappa shape index (κ3) is 2.17. The molecule has 1 aromatic heterocycles. The largest absolute Gasteiger partial charge is 0.481 e. The van der Waals surface area contributed by atoms with Crippen LogP contribution in [-0.4, -0.2) is 31.3 Å². The lowest BCUT2D eigenvalue weighted by Gasteiger charge is -2.06. The molecule has 2 aromatic rings. The van der Waals surface area contributed by atoms with Gasteiger partial charge in [0.1, 0.15) is 0 Å². The molecule has 0 saturated heterocycles. The quantitative estimate of drug-likeness (QED) is 0.939. The molecule has 98 valence electrons. The van der Waals surface area contributed by atoms with E-state index >= 15 is 0 Å². The van der Waals surface area contributed by atoms with E-state index in [9.17, 15) is 4.79 Å². The van der Waals surface area contributed by atoms with Crippen LogP contribution in [0.25, 0.3) is 5.69 Å². The summed E-state index contributed by atoms with van der Waals surface area (Å²) in [6.07, 6.45) is 0.543. The Morgan fingerprint density at radius 2 is 2.21 bits per heavy atom. The van der Waals surface area contributed by atoms with Gasteiger partial charge in [-0.25, -0.2) is 0 Å². The molecule has 0 amide bonds. The molecule has 6 nitrogen and oxygen atoms in total. The summed E-state index contributed by atoms with van der Waals surface area (Å²) in [7, 11) is 0. The van der Waals surface area contributed by atoms with Crippen molar-refractivity contribution in [2.24, 2.45) is 5.92 Å². The van der Waals surface area contributed by atoms with E-state index < -0.39 is 11.9 Å². The Labute approximate surface area is 117 Å². The number of carbonyl (C=O) groups is 1. The Morgan fingerprint density at radius 3 is 2.84 bits per heavy atom. The van der Waals surface area contributed by atoms with Crippen LogP contribution in [0.5, 0.6) is 0 Å². The lowest BCUT2D eigenvalue weighted by molar-refractivity contribution is -0.138. The van der Waals surface area contributed by atoms with Crippen molar-refractivity contribution in [1.29, 1.82) is 0 Å². The summed E-state index contributed by atoms with van der Waals surface area (Å²) in [5.41, 5.74) is 0.585. The minimum Gasteiger partial charge on any atom is -0.481 e. The number of carboxylic acids is 1. The third-order valence-electron chi connectivity index (χ3n) is 3.07. The van der Waals surface area contributed by atoms with Gasteiger partial charge in [-0.15, -0.1) is 5.10 Å². The molecule has 1 aliphatic carbocycles. The molecule has 0 bridgehead atoms. The summed E-state index contributed by atoms with van der Waals surface area (Å²) < 4.78 is 1.46. The van der Waals surface area contributed by atoms with Crippen LogP contribution >= 0.6 is 23.2 Å². The lowest BCUT2D eigenvalue weighted by Crippen LogP contribution is -2.06. The summed E-state index contributed by atoms with van der Waals surface area (Å²) in [4.78, 5) is 10.9. The number of nitrogens with zero attached hydrogens (tertiary/aromatic N) is 4. The number of hydrogen-bond acceptors (Lipinski definition) is 4. The van der Waals surface area contributed by atoms with Gasteiger partial charge in [0, 0.05) is 10.9 Å². The molecule has 0 radical (unpaired) electrons. The van der Waals surface area contributed by atoms with Crippen molar-refractivity contribution in [3.05, 3.63) is 34.1 Å². The van der Waals surface area contributed by atoms with Crippen LogP contribution in [0.15, 0.2) is 18.2 Å². The predicted octanol–water partition coefficient (Wildman–Crippen LogP) is 2.16. The first-order chi connectivity index (χ1) is 9.08. The van der Waals surface area contributed by atoms with Gasteiger partial charge in [-0.05, 0) is 35.0 Å². The number of benzene rings is 1. The normalized spacial score (nSPS) is 21.4. The van der Waals surface area contributed by atoms with Crippen molar-refractivity contribution in [1.82, 2.24) is 20.2 Å². The van der Waals surface area contributed by atoms with Gasteiger partial charge in [0.2, 0.25) is 0 Å². The van der Waals surface area contributed by atoms with Crippen LogP contribution in [0.2, 0.25) is 10.0 Å². The molecule has 1 heterocycles. The average molecular weight is 299 g/mol. The van der Waals surface area contributed by atoms with Crippen molar-refractivity contribution >= 4 is 29.2 Å². The number of aromatic nitrogens is 4. The van der Waals surface area contributed by atoms with Crippen molar-refractivity contribution in [3.8, 4) is 5.69 Å². The molecule has 1 aromatic carbocycles. The molecule has 8 heteroatoms. The molecule has 1 N–H and O–H groups in total. The predicted molar refractivity (Wildman–Crippen MR) is 67.7 cm³/mol. The zero-order valence-corrected chi connectivity index (χ0v) is 11.0. The molecule has 2 atom stereocenters. The maximum atomic E-state index is 10.9. The molecule has 1 fully saturated rings. The topological polar surface area (TPSA) is 80.9 Å². The first-order valence-corrected chi connectivity index (χ1v) is 6.30. The number of rotatable bonds is 3. The van der Waals surface area contributed by atoms with Gasteiger partial charge in [0.15, 0.2) is 5.82 Å². The van der Waals surface area contributed by atoms with Gasteiger partial charge in [0.05, 0.1) is 16.6 Å². The number of tetrazole rings is 1. The van der Waals surface area contributed by atoms with Crippen LogP contribution in [0.3, 0.4) is 0 Å². The molecular formula is C11H8Cl2N4O2. The van der Waals surface area contributed by atoms with Crippen LogP contribution < -0.4 is 0 Å². The smallest absolute Gasteiger partial charge is 0.307 e. The maximum absolute atomic E-state index is 10.9. The standard InChI is InChI=1S/C11H8Cl2N4O2/c12-5-1-2-9(8(13)3-5)17-10(14-15-16-17)6-4-7(6)11(18)19/h1-3,6-7H,4H2,(H,18,19). The highest BCUT2D eigenvalue weighted by Crippen LogP contribution is 2.47. The number of aliphatic carboxylic acids is 1. The Morgan fingerprint density at radius 1 is 1.42 bits per heavy atom. The van der Waals surface area contributed by atoms with Crippen LogP contribution in [0.1, 0.15) is 18.2 Å². The van der Waals surface area contributed by atoms with E-state index in [4.69, 9.17) is 28.3 Å². The van der Waals surface area contributed by atoms with E-state index in [1.54, 1.807) is 18.2 Å². The zero-order valence-electron chi connectivity index (χ0n) is 9.49.